The van der Waals surface area contributed by atoms with Gasteiger partial charge in [0.1, 0.15) is 5.75 Å². The van der Waals surface area contributed by atoms with E-state index in [1.54, 1.807) is 11.8 Å². The largest absolute Gasteiger partial charge is 0.573 e. The molecule has 12 heteroatoms. The van der Waals surface area contributed by atoms with E-state index in [2.05, 4.69) is 20.4 Å². The van der Waals surface area contributed by atoms with E-state index in [0.717, 1.165) is 23.2 Å². The van der Waals surface area contributed by atoms with Crippen molar-refractivity contribution < 1.29 is 27.5 Å². The summed E-state index contributed by atoms with van der Waals surface area (Å²) >= 11 is 2.65. The maximum atomic E-state index is 12.3. The number of nitrogens with two attached hydrogens (primary N) is 1. The Morgan fingerprint density at radius 1 is 1.38 bits per heavy atom. The molecule has 1 aromatic heterocycles. The molecule has 0 fully saturated rings. The van der Waals surface area contributed by atoms with Crippen molar-refractivity contribution in [2.75, 3.05) is 23.9 Å². The first-order valence-electron chi connectivity index (χ1n) is 8.66. The van der Waals surface area contributed by atoms with Crippen LogP contribution in [-0.4, -0.2) is 47.8 Å². The number of alkyl halides is 3. The van der Waals surface area contributed by atoms with Gasteiger partial charge in [-0.1, -0.05) is 11.3 Å². The fraction of sp³-hybridized carbons (Fsp3) is 0.471. The number of ether oxygens (including phenoxy) is 1. The number of halogens is 3. The molecule has 0 aliphatic rings. The third kappa shape index (κ3) is 8.07. The van der Waals surface area contributed by atoms with Crippen molar-refractivity contribution in [3.05, 3.63) is 18.2 Å². The molecule has 4 N–H and O–H groups in total. The van der Waals surface area contributed by atoms with Crippen LogP contribution in [0.4, 0.5) is 18.3 Å². The van der Waals surface area contributed by atoms with E-state index in [0.29, 0.717) is 29.6 Å². The van der Waals surface area contributed by atoms with E-state index in [4.69, 9.17) is 5.73 Å². The molecule has 2 rings (SSSR count). The van der Waals surface area contributed by atoms with Gasteiger partial charge in [-0.2, -0.15) is 11.8 Å². The molecule has 0 aliphatic carbocycles. The summed E-state index contributed by atoms with van der Waals surface area (Å²) < 4.78 is 41.2. The first-order chi connectivity index (χ1) is 13.7. The minimum atomic E-state index is -4.77. The van der Waals surface area contributed by atoms with E-state index in [1.807, 2.05) is 6.26 Å². The minimum absolute atomic E-state index is 0.151. The lowest BCUT2D eigenvalue weighted by Crippen LogP contribution is -2.41. The molecule has 2 aromatic rings. The number of thioether (sulfide) groups is 1. The zero-order valence-corrected chi connectivity index (χ0v) is 17.2. The molecule has 0 radical (unpaired) electrons. The Balaban J connectivity index is 1.78. The Hall–Kier alpha value is -2.05. The number of hydrogen-bond acceptors (Lipinski definition) is 7. The Morgan fingerprint density at radius 3 is 2.83 bits per heavy atom. The highest BCUT2D eigenvalue weighted by Crippen LogP contribution is 2.31. The molecular weight excluding hydrogens is 429 g/mol. The number of benzene rings is 1. The molecule has 0 spiro atoms. The van der Waals surface area contributed by atoms with E-state index in [9.17, 15) is 22.8 Å². The van der Waals surface area contributed by atoms with Crippen LogP contribution in [0, 0.1) is 0 Å². The van der Waals surface area contributed by atoms with Crippen LogP contribution < -0.4 is 21.1 Å². The summed E-state index contributed by atoms with van der Waals surface area (Å²) in [6.07, 6.45) is -1.69. The molecule has 1 atom stereocenters. The number of nitrogens with zero attached hydrogens (tertiary/aromatic N) is 1. The second-order valence-corrected chi connectivity index (χ2v) is 8.04. The van der Waals surface area contributed by atoms with E-state index in [-0.39, 0.29) is 29.1 Å². The first-order valence-corrected chi connectivity index (χ1v) is 10.9. The summed E-state index contributed by atoms with van der Waals surface area (Å²) in [5, 5.41) is 5.56. The third-order valence-electron chi connectivity index (χ3n) is 3.69. The van der Waals surface area contributed by atoms with Gasteiger partial charge < -0.3 is 21.1 Å². The van der Waals surface area contributed by atoms with Crippen LogP contribution in [0.15, 0.2) is 18.2 Å². The van der Waals surface area contributed by atoms with E-state index >= 15 is 0 Å². The molecule has 1 aromatic carbocycles. The number of carbonyl (C=O) groups is 2. The quantitative estimate of drug-likeness (QED) is 0.480. The summed E-state index contributed by atoms with van der Waals surface area (Å²) in [6.45, 7) is 0.317. The fourth-order valence-electron chi connectivity index (χ4n) is 2.30. The zero-order chi connectivity index (χ0) is 21.4. The highest BCUT2D eigenvalue weighted by atomic mass is 32.2. The van der Waals surface area contributed by atoms with Crippen LogP contribution in [0.5, 0.6) is 5.75 Å². The van der Waals surface area contributed by atoms with Gasteiger partial charge in [-0.15, -0.1) is 13.2 Å². The number of hydrogen-bond donors (Lipinski definition) is 3. The summed E-state index contributed by atoms with van der Waals surface area (Å²) in [5.74, 6) is -0.111. The van der Waals surface area contributed by atoms with Crippen molar-refractivity contribution in [1.82, 2.24) is 10.3 Å². The third-order valence-corrected chi connectivity index (χ3v) is 5.27. The molecule has 0 aliphatic heterocycles. The van der Waals surface area contributed by atoms with Gasteiger partial charge in [0.2, 0.25) is 11.8 Å². The number of amides is 2. The van der Waals surface area contributed by atoms with Gasteiger partial charge in [0.05, 0.1) is 16.3 Å². The van der Waals surface area contributed by atoms with Crippen molar-refractivity contribution in [3.63, 3.8) is 0 Å². The SMILES string of the molecule is CSCC[C@H](N)C(=O)NCCCC(=O)Nc1nc2ccc(OC(F)(F)F)cc2s1. The molecule has 29 heavy (non-hydrogen) atoms. The number of rotatable bonds is 10. The maximum absolute atomic E-state index is 12.3. The van der Waals surface area contributed by atoms with Gasteiger partial charge in [-0.25, -0.2) is 4.98 Å². The molecule has 0 unspecified atom stereocenters. The lowest BCUT2D eigenvalue weighted by atomic mass is 10.2. The molecule has 1 heterocycles. The summed E-state index contributed by atoms with van der Waals surface area (Å²) in [6, 6.07) is 3.20. The van der Waals surface area contributed by atoms with E-state index < -0.39 is 12.4 Å². The van der Waals surface area contributed by atoms with Crippen LogP contribution in [-0.2, 0) is 9.59 Å². The average Bonchev–Trinajstić information content (AvgIpc) is 3.02. The van der Waals surface area contributed by atoms with Gasteiger partial charge >= 0.3 is 6.36 Å². The van der Waals surface area contributed by atoms with Gasteiger partial charge in [0.15, 0.2) is 5.13 Å². The van der Waals surface area contributed by atoms with Gasteiger partial charge in [-0.3, -0.25) is 9.59 Å². The summed E-state index contributed by atoms with van der Waals surface area (Å²) in [4.78, 5) is 27.9. The second-order valence-electron chi connectivity index (χ2n) is 6.03. The highest BCUT2D eigenvalue weighted by Gasteiger charge is 2.31. The fourth-order valence-corrected chi connectivity index (χ4v) is 3.70. The highest BCUT2D eigenvalue weighted by molar-refractivity contribution is 7.98. The topological polar surface area (TPSA) is 106 Å². The van der Waals surface area contributed by atoms with Gasteiger partial charge in [0.25, 0.3) is 0 Å². The molecule has 0 saturated heterocycles. The molecular formula is C17H21F3N4O3S2. The van der Waals surface area contributed by atoms with Crippen LogP contribution in [0.2, 0.25) is 0 Å². The lowest BCUT2D eigenvalue weighted by Gasteiger charge is -2.11. The average molecular weight is 451 g/mol. The minimum Gasteiger partial charge on any atom is -0.406 e. The number of nitrogens with one attached hydrogen (secondary N) is 2. The summed E-state index contributed by atoms with van der Waals surface area (Å²) in [7, 11) is 0. The predicted molar refractivity (Wildman–Crippen MR) is 108 cm³/mol. The van der Waals surface area contributed by atoms with Gasteiger partial charge in [-0.05, 0) is 37.0 Å². The van der Waals surface area contributed by atoms with Crippen LogP contribution >= 0.6 is 23.1 Å². The van der Waals surface area contributed by atoms with Crippen molar-refractivity contribution in [2.45, 2.75) is 31.7 Å². The molecule has 2 amide bonds. The maximum Gasteiger partial charge on any atom is 0.573 e. The van der Waals surface area contributed by atoms with Crippen LogP contribution in [0.25, 0.3) is 10.2 Å². The molecule has 7 nitrogen and oxygen atoms in total. The number of anilines is 1. The summed E-state index contributed by atoms with van der Waals surface area (Å²) in [5.41, 5.74) is 6.20. The van der Waals surface area contributed by atoms with Crippen LogP contribution in [0.3, 0.4) is 0 Å². The monoisotopic (exact) mass is 450 g/mol. The zero-order valence-electron chi connectivity index (χ0n) is 15.5. The Bertz CT molecular complexity index is 845. The van der Waals surface area contributed by atoms with Crippen molar-refractivity contribution in [2.24, 2.45) is 5.73 Å². The Morgan fingerprint density at radius 2 is 2.14 bits per heavy atom. The normalized spacial score (nSPS) is 12.6. The van der Waals surface area contributed by atoms with Crippen molar-refractivity contribution >= 4 is 50.3 Å². The first kappa shape index (κ1) is 23.2. The number of fused-ring (bicyclic) bond motifs is 1. The predicted octanol–water partition coefficient (Wildman–Crippen LogP) is 3.11. The standard InChI is InChI=1S/C17H21F3N4O3S2/c1-28-8-6-11(21)15(26)22-7-2-3-14(25)24-16-23-12-5-4-10(9-13(12)29-16)27-17(18,19)20/h4-5,9,11H,2-3,6-8,21H2,1H3,(H,22,26)(H,23,24,25)/t11-/m0/s1. The Kier molecular flexibility index (Phi) is 8.53. The number of carbonyl (C=O) groups excluding carboxylic acids is 2. The lowest BCUT2D eigenvalue weighted by molar-refractivity contribution is -0.274. The molecule has 160 valence electrons. The molecule has 0 bridgehead atoms. The van der Waals surface area contributed by atoms with Crippen molar-refractivity contribution in [3.8, 4) is 5.75 Å². The number of aromatic nitrogens is 1. The Labute approximate surface area is 173 Å². The van der Waals surface area contributed by atoms with E-state index in [1.165, 1.54) is 12.1 Å². The van der Waals surface area contributed by atoms with Crippen molar-refractivity contribution in [1.29, 1.82) is 0 Å². The van der Waals surface area contributed by atoms with Crippen LogP contribution in [0.1, 0.15) is 19.3 Å². The van der Waals surface area contributed by atoms with Gasteiger partial charge in [0, 0.05) is 19.0 Å². The number of thiazole rings is 1. The second kappa shape index (κ2) is 10.6. The smallest absolute Gasteiger partial charge is 0.406 e. The molecule has 0 saturated carbocycles.